The van der Waals surface area contributed by atoms with E-state index in [0.717, 1.165) is 32.2 Å². The maximum absolute atomic E-state index is 13.0. The van der Waals surface area contributed by atoms with Crippen LogP contribution < -0.4 is 5.32 Å². The van der Waals surface area contributed by atoms with Crippen LogP contribution in [0.2, 0.25) is 0 Å². The highest BCUT2D eigenvalue weighted by Crippen LogP contribution is 2.11. The fourth-order valence-corrected chi connectivity index (χ4v) is 2.42. The minimum Gasteiger partial charge on any atom is -0.314 e. The van der Waals surface area contributed by atoms with Crippen molar-refractivity contribution in [2.45, 2.75) is 38.6 Å². The van der Waals surface area contributed by atoms with Crippen LogP contribution in [0, 0.1) is 5.82 Å². The maximum Gasteiger partial charge on any atom is 0.123 e. The van der Waals surface area contributed by atoms with Crippen molar-refractivity contribution in [3.63, 3.8) is 0 Å². The van der Waals surface area contributed by atoms with Gasteiger partial charge in [0.25, 0.3) is 0 Å². The van der Waals surface area contributed by atoms with Crippen LogP contribution in [0.5, 0.6) is 0 Å². The number of nitrogens with zero attached hydrogens (tertiary/aromatic N) is 1. The topological polar surface area (TPSA) is 24.9 Å². The zero-order valence-electron chi connectivity index (χ0n) is 12.6. The quantitative estimate of drug-likeness (QED) is 0.799. The Bertz CT molecular complexity index is 511. The lowest BCUT2D eigenvalue weighted by molar-refractivity contribution is 0.477. The molecule has 0 bridgehead atoms. The molecule has 0 fully saturated rings. The molecule has 0 saturated carbocycles. The first kappa shape index (κ1) is 15.6. The average Bonchev–Trinajstić information content (AvgIpc) is 2.53. The van der Waals surface area contributed by atoms with Crippen LogP contribution in [0.15, 0.2) is 48.8 Å². The molecule has 0 aliphatic carbocycles. The summed E-state index contributed by atoms with van der Waals surface area (Å²) in [5, 5.41) is 3.59. The molecule has 112 valence electrons. The molecule has 1 aromatic carbocycles. The van der Waals surface area contributed by atoms with Crippen LogP contribution >= 0.6 is 0 Å². The van der Waals surface area contributed by atoms with Gasteiger partial charge in [-0.15, -0.1) is 0 Å². The molecule has 1 atom stereocenters. The van der Waals surface area contributed by atoms with E-state index in [0.29, 0.717) is 6.04 Å². The van der Waals surface area contributed by atoms with E-state index in [9.17, 15) is 4.39 Å². The standard InChI is InChI=1S/C18H23FN2/c1-2-11-21-18(8-5-15-9-12-20-13-10-15)14-16-3-6-17(19)7-4-16/h3-4,6-7,9-10,12-13,18,21H,2,5,8,11,14H2,1H3. The molecule has 0 saturated heterocycles. The van der Waals surface area contributed by atoms with Crippen LogP contribution in [0.1, 0.15) is 30.9 Å². The minimum atomic E-state index is -0.173. The van der Waals surface area contributed by atoms with Crippen molar-refractivity contribution < 1.29 is 4.39 Å². The molecule has 0 aliphatic heterocycles. The zero-order chi connectivity index (χ0) is 14.9. The Morgan fingerprint density at radius 3 is 2.43 bits per heavy atom. The number of hydrogen-bond acceptors (Lipinski definition) is 2. The molecular formula is C18H23FN2. The van der Waals surface area contributed by atoms with Gasteiger partial charge < -0.3 is 5.32 Å². The number of pyridine rings is 1. The monoisotopic (exact) mass is 286 g/mol. The number of aromatic nitrogens is 1. The van der Waals surface area contributed by atoms with Gasteiger partial charge in [0.1, 0.15) is 5.82 Å². The van der Waals surface area contributed by atoms with Crippen molar-refractivity contribution in [2.24, 2.45) is 0 Å². The van der Waals surface area contributed by atoms with Crippen molar-refractivity contribution in [1.82, 2.24) is 10.3 Å². The second-order valence-electron chi connectivity index (χ2n) is 5.38. The summed E-state index contributed by atoms with van der Waals surface area (Å²) in [6, 6.07) is 11.4. The van der Waals surface area contributed by atoms with E-state index >= 15 is 0 Å². The molecule has 21 heavy (non-hydrogen) atoms. The van der Waals surface area contributed by atoms with Gasteiger partial charge >= 0.3 is 0 Å². The van der Waals surface area contributed by atoms with Crippen LogP contribution in [0.25, 0.3) is 0 Å². The molecule has 1 heterocycles. The molecule has 2 aromatic rings. The van der Waals surface area contributed by atoms with Gasteiger partial charge in [-0.2, -0.15) is 0 Å². The van der Waals surface area contributed by atoms with Gasteiger partial charge in [0, 0.05) is 18.4 Å². The van der Waals surface area contributed by atoms with Gasteiger partial charge in [0.15, 0.2) is 0 Å². The Balaban J connectivity index is 1.92. The Labute approximate surface area is 126 Å². The van der Waals surface area contributed by atoms with Crippen LogP contribution in [-0.4, -0.2) is 17.6 Å². The van der Waals surface area contributed by atoms with Crippen molar-refractivity contribution in [1.29, 1.82) is 0 Å². The number of hydrogen-bond donors (Lipinski definition) is 1. The van der Waals surface area contributed by atoms with Crippen molar-refractivity contribution in [3.8, 4) is 0 Å². The lowest BCUT2D eigenvalue weighted by Crippen LogP contribution is -2.32. The lowest BCUT2D eigenvalue weighted by atomic mass is 9.99. The first-order chi connectivity index (χ1) is 10.3. The summed E-state index contributed by atoms with van der Waals surface area (Å²) < 4.78 is 13.0. The molecule has 2 nitrogen and oxygen atoms in total. The molecule has 0 aliphatic rings. The second-order valence-corrected chi connectivity index (χ2v) is 5.38. The van der Waals surface area contributed by atoms with E-state index < -0.39 is 0 Å². The zero-order valence-corrected chi connectivity index (χ0v) is 12.6. The van der Waals surface area contributed by atoms with E-state index in [2.05, 4.69) is 29.4 Å². The molecule has 2 rings (SSSR count). The van der Waals surface area contributed by atoms with E-state index in [1.165, 1.54) is 23.3 Å². The summed E-state index contributed by atoms with van der Waals surface area (Å²) in [6.45, 7) is 3.19. The fourth-order valence-electron chi connectivity index (χ4n) is 2.42. The summed E-state index contributed by atoms with van der Waals surface area (Å²) in [6.07, 6.45) is 7.83. The number of halogens is 1. The summed E-state index contributed by atoms with van der Waals surface area (Å²) in [5.41, 5.74) is 2.49. The van der Waals surface area contributed by atoms with E-state index in [1.807, 2.05) is 24.5 Å². The van der Waals surface area contributed by atoms with Gasteiger partial charge in [0.05, 0.1) is 0 Å². The summed E-state index contributed by atoms with van der Waals surface area (Å²) in [4.78, 5) is 4.05. The largest absolute Gasteiger partial charge is 0.314 e. The summed E-state index contributed by atoms with van der Waals surface area (Å²) in [7, 11) is 0. The third-order valence-corrected chi connectivity index (χ3v) is 3.61. The molecule has 3 heteroatoms. The minimum absolute atomic E-state index is 0.173. The molecule has 0 spiro atoms. The number of benzene rings is 1. The fraction of sp³-hybridized carbons (Fsp3) is 0.389. The van der Waals surface area contributed by atoms with Crippen LogP contribution in [0.4, 0.5) is 4.39 Å². The molecule has 1 unspecified atom stereocenters. The molecule has 1 aromatic heterocycles. The van der Waals surface area contributed by atoms with Gasteiger partial charge in [-0.3, -0.25) is 4.98 Å². The highest BCUT2D eigenvalue weighted by Gasteiger charge is 2.09. The van der Waals surface area contributed by atoms with Crippen molar-refractivity contribution in [3.05, 3.63) is 65.7 Å². The predicted molar refractivity (Wildman–Crippen MR) is 84.7 cm³/mol. The third kappa shape index (κ3) is 5.64. The van der Waals surface area contributed by atoms with Gasteiger partial charge in [-0.05, 0) is 67.6 Å². The number of aryl methyl sites for hydroxylation is 1. The Hall–Kier alpha value is -1.74. The van der Waals surface area contributed by atoms with E-state index in [-0.39, 0.29) is 5.82 Å². The molecular weight excluding hydrogens is 263 g/mol. The predicted octanol–water partition coefficient (Wildman–Crippen LogP) is 3.76. The molecule has 0 amide bonds. The first-order valence-electron chi connectivity index (χ1n) is 7.64. The smallest absolute Gasteiger partial charge is 0.123 e. The first-order valence-corrected chi connectivity index (χ1v) is 7.64. The van der Waals surface area contributed by atoms with Gasteiger partial charge in [-0.1, -0.05) is 19.1 Å². The summed E-state index contributed by atoms with van der Waals surface area (Å²) >= 11 is 0. The van der Waals surface area contributed by atoms with E-state index in [4.69, 9.17) is 0 Å². The normalized spacial score (nSPS) is 12.3. The lowest BCUT2D eigenvalue weighted by Gasteiger charge is -2.18. The highest BCUT2D eigenvalue weighted by molar-refractivity contribution is 5.17. The Morgan fingerprint density at radius 1 is 1.05 bits per heavy atom. The maximum atomic E-state index is 13.0. The van der Waals surface area contributed by atoms with E-state index in [1.54, 1.807) is 0 Å². The SMILES string of the molecule is CCCNC(CCc1ccncc1)Cc1ccc(F)cc1. The highest BCUT2D eigenvalue weighted by atomic mass is 19.1. The average molecular weight is 286 g/mol. The Morgan fingerprint density at radius 2 is 1.76 bits per heavy atom. The second kappa shape index (κ2) is 8.53. The molecule has 1 N–H and O–H groups in total. The number of rotatable bonds is 8. The molecule has 0 radical (unpaired) electrons. The van der Waals surface area contributed by atoms with Crippen molar-refractivity contribution in [2.75, 3.05) is 6.54 Å². The van der Waals surface area contributed by atoms with Gasteiger partial charge in [0.2, 0.25) is 0 Å². The summed E-state index contributed by atoms with van der Waals surface area (Å²) in [5.74, 6) is -0.173. The number of nitrogens with one attached hydrogen (secondary N) is 1. The van der Waals surface area contributed by atoms with Crippen LogP contribution in [-0.2, 0) is 12.8 Å². The third-order valence-electron chi connectivity index (χ3n) is 3.61. The van der Waals surface area contributed by atoms with Gasteiger partial charge in [-0.25, -0.2) is 4.39 Å². The Kier molecular flexibility index (Phi) is 6.35. The van der Waals surface area contributed by atoms with Crippen LogP contribution in [0.3, 0.4) is 0 Å². The van der Waals surface area contributed by atoms with Crippen molar-refractivity contribution >= 4 is 0 Å².